The van der Waals surface area contributed by atoms with Crippen LogP contribution in [-0.4, -0.2) is 11.1 Å². The lowest BCUT2D eigenvalue weighted by Crippen LogP contribution is -2.17. The summed E-state index contributed by atoms with van der Waals surface area (Å²) in [6, 6.07) is 5.43. The van der Waals surface area contributed by atoms with Crippen molar-refractivity contribution in [2.45, 2.75) is 26.3 Å². The Labute approximate surface area is 83.6 Å². The molecule has 0 amide bonds. The Morgan fingerprint density at radius 1 is 1.43 bits per heavy atom. The maximum absolute atomic E-state index is 10.5. The van der Waals surface area contributed by atoms with E-state index in [4.69, 9.17) is 10.8 Å². The second kappa shape index (κ2) is 4.24. The minimum absolute atomic E-state index is 0.0221. The van der Waals surface area contributed by atoms with Gasteiger partial charge in [0.15, 0.2) is 0 Å². The number of rotatable bonds is 3. The monoisotopic (exact) mass is 193 g/mol. The Morgan fingerprint density at radius 3 is 2.36 bits per heavy atom. The number of hydrogen-bond acceptors (Lipinski definition) is 2. The van der Waals surface area contributed by atoms with Crippen molar-refractivity contribution in [3.05, 3.63) is 34.9 Å². The molecule has 0 saturated carbocycles. The minimum Gasteiger partial charge on any atom is -0.481 e. The van der Waals surface area contributed by atoms with E-state index in [-0.39, 0.29) is 6.42 Å². The molecule has 76 valence electrons. The molecule has 14 heavy (non-hydrogen) atoms. The molecule has 0 aliphatic heterocycles. The van der Waals surface area contributed by atoms with Crippen molar-refractivity contribution in [2.24, 2.45) is 5.73 Å². The average Bonchev–Trinajstić information content (AvgIpc) is 2.01. The summed E-state index contributed by atoms with van der Waals surface area (Å²) in [5, 5.41) is 8.65. The molecule has 0 saturated heterocycles. The van der Waals surface area contributed by atoms with Gasteiger partial charge < -0.3 is 10.8 Å². The van der Waals surface area contributed by atoms with Gasteiger partial charge in [-0.15, -0.1) is 0 Å². The number of carbonyl (C=O) groups is 1. The lowest BCUT2D eigenvalue weighted by molar-refractivity contribution is -0.137. The highest BCUT2D eigenvalue weighted by Crippen LogP contribution is 2.22. The third-order valence-corrected chi connectivity index (χ3v) is 2.31. The van der Waals surface area contributed by atoms with Gasteiger partial charge in [-0.3, -0.25) is 4.79 Å². The normalized spacial score (nSPS) is 12.5. The topological polar surface area (TPSA) is 63.3 Å². The zero-order chi connectivity index (χ0) is 10.7. The fourth-order valence-electron chi connectivity index (χ4n) is 1.70. The molecular weight excluding hydrogens is 178 g/mol. The van der Waals surface area contributed by atoms with Crippen LogP contribution in [0, 0.1) is 13.8 Å². The summed E-state index contributed by atoms with van der Waals surface area (Å²) in [5.74, 6) is -0.861. The first-order chi connectivity index (χ1) is 6.52. The van der Waals surface area contributed by atoms with Crippen LogP contribution >= 0.6 is 0 Å². The number of aryl methyl sites for hydroxylation is 2. The van der Waals surface area contributed by atoms with Crippen molar-refractivity contribution in [3.8, 4) is 0 Å². The quantitative estimate of drug-likeness (QED) is 0.769. The summed E-state index contributed by atoms with van der Waals surface area (Å²) in [6.07, 6.45) is -0.0221. The second-order valence-corrected chi connectivity index (χ2v) is 3.51. The Bertz CT molecular complexity index is 327. The molecule has 0 bridgehead atoms. The van der Waals surface area contributed by atoms with Gasteiger partial charge in [-0.25, -0.2) is 0 Å². The van der Waals surface area contributed by atoms with E-state index in [2.05, 4.69) is 0 Å². The molecule has 0 unspecified atom stereocenters. The summed E-state index contributed by atoms with van der Waals surface area (Å²) in [4.78, 5) is 10.5. The third kappa shape index (κ3) is 2.33. The van der Waals surface area contributed by atoms with Crippen LogP contribution in [0.4, 0.5) is 0 Å². The van der Waals surface area contributed by atoms with E-state index in [0.29, 0.717) is 0 Å². The molecule has 0 aromatic heterocycles. The first-order valence-electron chi connectivity index (χ1n) is 4.56. The summed E-state index contributed by atoms with van der Waals surface area (Å²) < 4.78 is 0. The van der Waals surface area contributed by atoms with Gasteiger partial charge in [0.2, 0.25) is 0 Å². The van der Waals surface area contributed by atoms with Gasteiger partial charge in [0.05, 0.1) is 6.42 Å². The molecule has 1 rings (SSSR count). The van der Waals surface area contributed by atoms with E-state index in [0.717, 1.165) is 16.7 Å². The van der Waals surface area contributed by atoms with Gasteiger partial charge >= 0.3 is 5.97 Å². The first kappa shape index (κ1) is 10.7. The summed E-state index contributed by atoms with van der Waals surface area (Å²) >= 11 is 0. The van der Waals surface area contributed by atoms with Crippen molar-refractivity contribution < 1.29 is 9.90 Å². The molecule has 3 heteroatoms. The molecule has 3 N–H and O–H groups in total. The molecule has 3 nitrogen and oxygen atoms in total. The van der Waals surface area contributed by atoms with Crippen LogP contribution in [0.15, 0.2) is 18.2 Å². The average molecular weight is 193 g/mol. The Hall–Kier alpha value is -1.35. The van der Waals surface area contributed by atoms with E-state index in [1.807, 2.05) is 32.0 Å². The fraction of sp³-hybridized carbons (Fsp3) is 0.364. The molecular formula is C11H15NO2. The van der Waals surface area contributed by atoms with Gasteiger partial charge in [0.25, 0.3) is 0 Å². The molecule has 0 aliphatic carbocycles. The summed E-state index contributed by atoms with van der Waals surface area (Å²) in [5.41, 5.74) is 8.88. The van der Waals surface area contributed by atoms with E-state index in [9.17, 15) is 4.79 Å². The van der Waals surface area contributed by atoms with Gasteiger partial charge in [-0.05, 0) is 30.5 Å². The summed E-state index contributed by atoms with van der Waals surface area (Å²) in [6.45, 7) is 3.90. The third-order valence-electron chi connectivity index (χ3n) is 2.31. The lowest BCUT2D eigenvalue weighted by Gasteiger charge is -2.15. The number of carboxylic acid groups (broad SMARTS) is 1. The summed E-state index contributed by atoms with van der Waals surface area (Å²) in [7, 11) is 0. The minimum atomic E-state index is -0.861. The van der Waals surface area contributed by atoms with Crippen molar-refractivity contribution in [1.82, 2.24) is 0 Å². The van der Waals surface area contributed by atoms with Crippen molar-refractivity contribution in [3.63, 3.8) is 0 Å². The van der Waals surface area contributed by atoms with Crippen LogP contribution in [0.5, 0.6) is 0 Å². The molecule has 1 aromatic rings. The highest BCUT2D eigenvalue weighted by molar-refractivity contribution is 5.68. The van der Waals surface area contributed by atoms with Crippen molar-refractivity contribution in [2.75, 3.05) is 0 Å². The lowest BCUT2D eigenvalue weighted by atomic mass is 9.95. The molecule has 0 fully saturated rings. The van der Waals surface area contributed by atoms with Gasteiger partial charge in [0.1, 0.15) is 0 Å². The SMILES string of the molecule is Cc1cccc(C)c1[C@H](N)CC(=O)O. The number of carboxylic acids is 1. The predicted octanol–water partition coefficient (Wildman–Crippen LogP) is 1.78. The van der Waals surface area contributed by atoms with E-state index < -0.39 is 12.0 Å². The highest BCUT2D eigenvalue weighted by atomic mass is 16.4. The standard InChI is InChI=1S/C11H15NO2/c1-7-4-3-5-8(2)11(7)9(12)6-10(13)14/h3-5,9H,6,12H2,1-2H3,(H,13,14)/t9-/m1/s1. The van der Waals surface area contributed by atoms with Crippen LogP contribution in [0.2, 0.25) is 0 Å². The molecule has 0 aliphatic rings. The number of hydrogen-bond donors (Lipinski definition) is 2. The molecule has 1 atom stereocenters. The Kier molecular flexibility index (Phi) is 3.25. The van der Waals surface area contributed by atoms with E-state index in [1.165, 1.54) is 0 Å². The first-order valence-corrected chi connectivity index (χ1v) is 4.56. The number of nitrogens with two attached hydrogens (primary N) is 1. The van der Waals surface area contributed by atoms with E-state index in [1.54, 1.807) is 0 Å². The van der Waals surface area contributed by atoms with E-state index >= 15 is 0 Å². The molecule has 0 spiro atoms. The maximum Gasteiger partial charge on any atom is 0.305 e. The maximum atomic E-state index is 10.5. The number of benzene rings is 1. The second-order valence-electron chi connectivity index (χ2n) is 3.51. The largest absolute Gasteiger partial charge is 0.481 e. The van der Waals surface area contributed by atoms with Gasteiger partial charge in [0, 0.05) is 6.04 Å². The molecule has 1 aromatic carbocycles. The predicted molar refractivity (Wildman–Crippen MR) is 55.1 cm³/mol. The van der Waals surface area contributed by atoms with Crippen molar-refractivity contribution >= 4 is 5.97 Å². The smallest absolute Gasteiger partial charge is 0.305 e. The van der Waals surface area contributed by atoms with Crippen LogP contribution in [0.3, 0.4) is 0 Å². The molecule has 0 heterocycles. The van der Waals surface area contributed by atoms with Crippen LogP contribution < -0.4 is 5.73 Å². The van der Waals surface area contributed by atoms with Crippen LogP contribution in [0.25, 0.3) is 0 Å². The van der Waals surface area contributed by atoms with Crippen LogP contribution in [0.1, 0.15) is 29.2 Å². The molecule has 0 radical (unpaired) electrons. The van der Waals surface area contributed by atoms with Gasteiger partial charge in [-0.1, -0.05) is 18.2 Å². The zero-order valence-electron chi connectivity index (χ0n) is 8.45. The fourth-order valence-corrected chi connectivity index (χ4v) is 1.70. The van der Waals surface area contributed by atoms with Crippen LogP contribution in [-0.2, 0) is 4.79 Å². The highest BCUT2D eigenvalue weighted by Gasteiger charge is 2.14. The number of aliphatic carboxylic acids is 1. The Morgan fingerprint density at radius 2 is 1.93 bits per heavy atom. The van der Waals surface area contributed by atoms with Crippen molar-refractivity contribution in [1.29, 1.82) is 0 Å². The van der Waals surface area contributed by atoms with Gasteiger partial charge in [-0.2, -0.15) is 0 Å². The Balaban J connectivity index is 2.99. The zero-order valence-corrected chi connectivity index (χ0v) is 8.45.